The van der Waals surface area contributed by atoms with Crippen molar-refractivity contribution in [2.75, 3.05) is 6.54 Å². The van der Waals surface area contributed by atoms with Crippen molar-refractivity contribution in [2.45, 2.75) is 33.7 Å². The molecular weight excluding hydrogens is 266 g/mol. The largest absolute Gasteiger partial charge is 0.336 e. The summed E-state index contributed by atoms with van der Waals surface area (Å²) in [7, 11) is 2.05. The first-order valence-corrected chi connectivity index (χ1v) is 8.01. The summed E-state index contributed by atoms with van der Waals surface area (Å²) in [5.74, 6) is 1.68. The molecule has 0 fully saturated rings. The first kappa shape index (κ1) is 15.3. The van der Waals surface area contributed by atoms with Crippen molar-refractivity contribution in [3.05, 3.63) is 40.6 Å². The van der Waals surface area contributed by atoms with Crippen LogP contribution in [0.5, 0.6) is 0 Å². The lowest BCUT2D eigenvalue weighted by atomic mass is 9.82. The van der Waals surface area contributed by atoms with Crippen LogP contribution in [0, 0.1) is 11.3 Å². The topological polar surface area (TPSA) is 29.9 Å². The fraction of sp³-hybridized carbons (Fsp3) is 0.562. The van der Waals surface area contributed by atoms with Gasteiger partial charge < -0.3 is 9.88 Å². The van der Waals surface area contributed by atoms with Gasteiger partial charge in [-0.15, -0.1) is 11.3 Å². The van der Waals surface area contributed by atoms with Gasteiger partial charge in [0.05, 0.1) is 0 Å². The molecule has 0 aromatic carbocycles. The second-order valence-electron chi connectivity index (χ2n) is 6.52. The van der Waals surface area contributed by atoms with Crippen LogP contribution in [0.4, 0.5) is 0 Å². The third kappa shape index (κ3) is 3.49. The minimum absolute atomic E-state index is 0.180. The van der Waals surface area contributed by atoms with Gasteiger partial charge in [0.2, 0.25) is 0 Å². The van der Waals surface area contributed by atoms with Crippen LogP contribution in [0.15, 0.2) is 29.9 Å². The summed E-state index contributed by atoms with van der Waals surface area (Å²) in [6, 6.07) is 4.46. The maximum absolute atomic E-state index is 4.52. The Bertz CT molecular complexity index is 522. The Labute approximate surface area is 126 Å². The molecule has 2 atom stereocenters. The first-order chi connectivity index (χ1) is 9.39. The molecule has 0 aliphatic rings. The van der Waals surface area contributed by atoms with E-state index in [1.807, 2.05) is 12.4 Å². The van der Waals surface area contributed by atoms with Crippen molar-refractivity contribution in [1.29, 1.82) is 0 Å². The second kappa shape index (κ2) is 6.10. The lowest BCUT2D eigenvalue weighted by Gasteiger charge is -2.29. The van der Waals surface area contributed by atoms with Crippen LogP contribution in [-0.4, -0.2) is 16.1 Å². The molecular formula is C16H25N3S. The van der Waals surface area contributed by atoms with Crippen molar-refractivity contribution < 1.29 is 0 Å². The quantitative estimate of drug-likeness (QED) is 0.907. The van der Waals surface area contributed by atoms with Gasteiger partial charge in [-0.25, -0.2) is 4.98 Å². The highest BCUT2D eigenvalue weighted by Gasteiger charge is 2.24. The number of thiophene rings is 1. The van der Waals surface area contributed by atoms with Crippen LogP contribution in [0.2, 0.25) is 0 Å². The smallest absolute Gasteiger partial charge is 0.131 e. The molecule has 4 heteroatoms. The van der Waals surface area contributed by atoms with Crippen LogP contribution in [0.3, 0.4) is 0 Å². The Kier molecular flexibility index (Phi) is 4.66. The van der Waals surface area contributed by atoms with Crippen LogP contribution in [0.25, 0.3) is 0 Å². The minimum Gasteiger partial charge on any atom is -0.336 e. The maximum Gasteiger partial charge on any atom is 0.131 e. The van der Waals surface area contributed by atoms with Crippen molar-refractivity contribution in [2.24, 2.45) is 18.4 Å². The standard InChI is InChI=1S/C16H25N3S/c1-12(16(2,3)4)11-18-14(13-7-6-10-20-13)15-17-8-9-19(15)5/h6-10,12,14,18H,11H2,1-5H3. The van der Waals surface area contributed by atoms with Gasteiger partial charge in [0.15, 0.2) is 0 Å². The first-order valence-electron chi connectivity index (χ1n) is 7.13. The van der Waals surface area contributed by atoms with Crippen LogP contribution >= 0.6 is 11.3 Å². The van der Waals surface area contributed by atoms with E-state index >= 15 is 0 Å². The molecule has 0 bridgehead atoms. The fourth-order valence-electron chi connectivity index (χ4n) is 2.03. The Balaban J connectivity index is 2.15. The molecule has 0 spiro atoms. The molecule has 2 heterocycles. The molecule has 0 amide bonds. The van der Waals surface area contributed by atoms with E-state index in [1.54, 1.807) is 11.3 Å². The molecule has 20 heavy (non-hydrogen) atoms. The number of nitrogens with one attached hydrogen (secondary N) is 1. The summed E-state index contributed by atoms with van der Waals surface area (Å²) in [4.78, 5) is 5.84. The zero-order valence-corrected chi connectivity index (χ0v) is 13.9. The van der Waals surface area contributed by atoms with Gasteiger partial charge in [-0.05, 0) is 29.3 Å². The number of aromatic nitrogens is 2. The molecule has 2 aromatic heterocycles. The summed E-state index contributed by atoms with van der Waals surface area (Å²) in [5.41, 5.74) is 0.314. The van der Waals surface area contributed by atoms with E-state index in [-0.39, 0.29) is 6.04 Å². The van der Waals surface area contributed by atoms with E-state index < -0.39 is 0 Å². The number of hydrogen-bond donors (Lipinski definition) is 1. The molecule has 3 nitrogen and oxygen atoms in total. The summed E-state index contributed by atoms with van der Waals surface area (Å²) < 4.78 is 2.10. The summed E-state index contributed by atoms with van der Waals surface area (Å²) >= 11 is 1.78. The van der Waals surface area contributed by atoms with Crippen molar-refractivity contribution in [3.8, 4) is 0 Å². The number of rotatable bonds is 5. The van der Waals surface area contributed by atoms with E-state index in [2.05, 4.69) is 67.1 Å². The predicted molar refractivity (Wildman–Crippen MR) is 86.0 cm³/mol. The predicted octanol–water partition coefficient (Wildman–Crippen LogP) is 3.84. The second-order valence-corrected chi connectivity index (χ2v) is 7.50. The van der Waals surface area contributed by atoms with Crippen LogP contribution < -0.4 is 5.32 Å². The lowest BCUT2D eigenvalue weighted by molar-refractivity contribution is 0.248. The average molecular weight is 291 g/mol. The SMILES string of the molecule is CC(CNC(c1cccs1)c1nccn1C)C(C)(C)C. The van der Waals surface area contributed by atoms with Gasteiger partial charge in [-0.3, -0.25) is 0 Å². The van der Waals surface area contributed by atoms with Gasteiger partial charge in [-0.1, -0.05) is 33.8 Å². The van der Waals surface area contributed by atoms with Crippen molar-refractivity contribution in [1.82, 2.24) is 14.9 Å². The molecule has 0 aliphatic carbocycles. The molecule has 1 N–H and O–H groups in total. The van der Waals surface area contributed by atoms with Gasteiger partial charge in [0.25, 0.3) is 0 Å². The third-order valence-corrected chi connectivity index (χ3v) is 4.99. The monoisotopic (exact) mass is 291 g/mol. The van der Waals surface area contributed by atoms with E-state index in [0.717, 1.165) is 12.4 Å². The Hall–Kier alpha value is -1.13. The molecule has 0 radical (unpaired) electrons. The molecule has 2 rings (SSSR count). The van der Waals surface area contributed by atoms with Gasteiger partial charge in [-0.2, -0.15) is 0 Å². The highest BCUT2D eigenvalue weighted by Crippen LogP contribution is 2.28. The number of aryl methyl sites for hydroxylation is 1. The van der Waals surface area contributed by atoms with Gasteiger partial charge >= 0.3 is 0 Å². The zero-order valence-electron chi connectivity index (χ0n) is 13.1. The summed E-state index contributed by atoms with van der Waals surface area (Å²) in [5, 5.41) is 5.82. The Morgan fingerprint density at radius 2 is 2.15 bits per heavy atom. The summed E-state index contributed by atoms with van der Waals surface area (Å²) in [6.45, 7) is 10.2. The van der Waals surface area contributed by atoms with Gasteiger partial charge in [0, 0.05) is 24.3 Å². The average Bonchev–Trinajstić information content (AvgIpc) is 3.01. The number of imidazole rings is 1. The molecule has 0 saturated heterocycles. The van der Waals surface area contributed by atoms with E-state index in [4.69, 9.17) is 0 Å². The summed E-state index contributed by atoms with van der Waals surface area (Å²) in [6.07, 6.45) is 3.87. The minimum atomic E-state index is 0.180. The van der Waals surface area contributed by atoms with Crippen molar-refractivity contribution in [3.63, 3.8) is 0 Å². The lowest BCUT2D eigenvalue weighted by Crippen LogP contribution is -2.33. The zero-order chi connectivity index (χ0) is 14.8. The van der Waals surface area contributed by atoms with Crippen LogP contribution in [-0.2, 0) is 7.05 Å². The van der Waals surface area contributed by atoms with Crippen LogP contribution in [0.1, 0.15) is 44.4 Å². The van der Waals surface area contributed by atoms with E-state index in [9.17, 15) is 0 Å². The molecule has 110 valence electrons. The van der Waals surface area contributed by atoms with E-state index in [0.29, 0.717) is 11.3 Å². The highest BCUT2D eigenvalue weighted by molar-refractivity contribution is 7.10. The molecule has 0 aliphatic heterocycles. The fourth-order valence-corrected chi connectivity index (χ4v) is 2.83. The third-order valence-electron chi connectivity index (χ3n) is 4.05. The highest BCUT2D eigenvalue weighted by atomic mass is 32.1. The molecule has 2 unspecified atom stereocenters. The normalized spacial score (nSPS) is 15.2. The van der Waals surface area contributed by atoms with E-state index in [1.165, 1.54) is 4.88 Å². The van der Waals surface area contributed by atoms with Crippen molar-refractivity contribution >= 4 is 11.3 Å². The number of hydrogen-bond acceptors (Lipinski definition) is 3. The number of nitrogens with zero attached hydrogens (tertiary/aromatic N) is 2. The molecule has 0 saturated carbocycles. The maximum atomic E-state index is 4.52. The Morgan fingerprint density at radius 3 is 2.65 bits per heavy atom. The molecule has 2 aromatic rings. The van der Waals surface area contributed by atoms with Gasteiger partial charge in [0.1, 0.15) is 11.9 Å². The Morgan fingerprint density at radius 1 is 1.40 bits per heavy atom.